The fourth-order valence-electron chi connectivity index (χ4n) is 6.63. The largest absolute Gasteiger partial charge is 0.460 e. The molecule has 11 heteroatoms. The quantitative estimate of drug-likeness (QED) is 0.262. The van der Waals surface area contributed by atoms with Gasteiger partial charge in [0.05, 0.1) is 0 Å². The van der Waals surface area contributed by atoms with Crippen LogP contribution in [0.5, 0.6) is 0 Å². The predicted octanol–water partition coefficient (Wildman–Crippen LogP) is 4.73. The first-order valence-corrected chi connectivity index (χ1v) is 15.3. The monoisotopic (exact) mass is 553 g/mol. The van der Waals surface area contributed by atoms with Gasteiger partial charge in [-0.25, -0.2) is 14.9 Å². The lowest BCUT2D eigenvalue weighted by Crippen LogP contribution is -2.70. The van der Waals surface area contributed by atoms with Crippen LogP contribution in [0.15, 0.2) is 30.3 Å². The molecule has 4 heterocycles. The molecule has 2 bridgehead atoms. The Morgan fingerprint density at radius 1 is 1.16 bits per heavy atom. The molecule has 5 aliphatic rings. The number of methoxy groups -OCH3 is 1. The second kappa shape index (κ2) is 10.9. The summed E-state index contributed by atoms with van der Waals surface area (Å²) in [6.07, 6.45) is 1.70. The second-order valence-corrected chi connectivity index (χ2v) is 13.5. The van der Waals surface area contributed by atoms with Crippen molar-refractivity contribution in [1.29, 1.82) is 0 Å². The van der Waals surface area contributed by atoms with Gasteiger partial charge >= 0.3 is 5.97 Å². The molecule has 1 N–H and O–H groups in total. The Morgan fingerprint density at radius 2 is 1.92 bits per heavy atom. The van der Waals surface area contributed by atoms with Gasteiger partial charge in [-0.15, -0.1) is 0 Å². The minimum Gasteiger partial charge on any atom is -0.460 e. The van der Waals surface area contributed by atoms with Crippen molar-refractivity contribution in [3.63, 3.8) is 0 Å². The molecule has 6 rings (SSSR count). The Morgan fingerprint density at radius 3 is 2.66 bits per heavy atom. The Bertz CT molecular complexity index is 1040. The summed E-state index contributed by atoms with van der Waals surface area (Å²) in [6, 6.07) is 8.47. The molecular weight excluding hydrogens is 513 g/mol. The third-order valence-corrected chi connectivity index (χ3v) is 10.6. The second-order valence-electron chi connectivity index (χ2n) is 11.4. The maximum Gasteiger partial charge on any atom is 0.323 e. The van der Waals surface area contributed by atoms with Crippen LogP contribution >= 0.6 is 7.52 Å². The molecule has 1 aromatic carbocycles. The van der Waals surface area contributed by atoms with E-state index in [0.29, 0.717) is 12.3 Å². The Hall–Kier alpha value is -1.36. The number of fused-ring (bicyclic) bond motifs is 2. The molecule has 1 aromatic rings. The molecule has 4 aliphatic heterocycles. The van der Waals surface area contributed by atoms with Gasteiger partial charge in [0.15, 0.2) is 18.2 Å². The average molecular weight is 554 g/mol. The number of carbonyl (C=O) groups is 1. The molecule has 10 atom stereocenters. The summed E-state index contributed by atoms with van der Waals surface area (Å²) in [5.74, 6) is -0.991. The van der Waals surface area contributed by atoms with Crippen LogP contribution in [0.4, 0.5) is 0 Å². The highest BCUT2D eigenvalue weighted by Crippen LogP contribution is 2.61. The van der Waals surface area contributed by atoms with Gasteiger partial charge in [-0.2, -0.15) is 0 Å². The summed E-state index contributed by atoms with van der Waals surface area (Å²) in [5.41, 5.74) is 0.112. The van der Waals surface area contributed by atoms with Crippen LogP contribution < -0.4 is 5.09 Å². The fraction of sp³-hybridized carbons (Fsp3) is 0.741. The number of rotatable bonds is 9. The molecular formula is C27H40NO9P. The van der Waals surface area contributed by atoms with Crippen LogP contribution in [0.1, 0.15) is 58.9 Å². The molecule has 0 aromatic heterocycles. The number of carbonyl (C=O) groups excluding carboxylic acids is 1. The molecule has 1 aliphatic carbocycles. The Kier molecular flexibility index (Phi) is 8.08. The zero-order chi connectivity index (χ0) is 27.1. The zero-order valence-corrected chi connectivity index (χ0v) is 23.7. The predicted molar refractivity (Wildman–Crippen MR) is 136 cm³/mol. The summed E-state index contributed by atoms with van der Waals surface area (Å²) in [5, 5.41) is 2.84. The van der Waals surface area contributed by atoms with Crippen molar-refractivity contribution < 1.29 is 42.6 Å². The molecule has 0 radical (unpaired) electrons. The van der Waals surface area contributed by atoms with Gasteiger partial charge in [-0.1, -0.05) is 44.2 Å². The Balaban J connectivity index is 1.31. The van der Waals surface area contributed by atoms with Crippen LogP contribution in [-0.2, 0) is 49.2 Å². The lowest BCUT2D eigenvalue weighted by molar-refractivity contribution is -0.575. The van der Waals surface area contributed by atoms with Crippen molar-refractivity contribution in [3.05, 3.63) is 35.9 Å². The number of nitrogens with one attached hydrogen (secondary N) is 1. The van der Waals surface area contributed by atoms with E-state index in [1.54, 1.807) is 6.92 Å². The summed E-state index contributed by atoms with van der Waals surface area (Å²) >= 11 is 0. The SMILES string of the molecule is COCP(=O)(N[C@@H](C)C(=O)OCc1ccccc1)O[C@@H]1OC2O[C@@]3(C)CC[C@H]4[C@H](C)CC[C@@H]([C@H]1C)[C@@]24OO3. The maximum atomic E-state index is 13.9. The first-order valence-electron chi connectivity index (χ1n) is 13.5. The molecule has 2 unspecified atom stereocenters. The maximum absolute atomic E-state index is 13.9. The van der Waals surface area contributed by atoms with E-state index in [-0.39, 0.29) is 30.7 Å². The van der Waals surface area contributed by atoms with E-state index in [2.05, 4.69) is 12.0 Å². The number of esters is 1. The van der Waals surface area contributed by atoms with Gasteiger partial charge < -0.3 is 18.9 Å². The van der Waals surface area contributed by atoms with E-state index in [4.69, 9.17) is 33.2 Å². The molecule has 4 saturated heterocycles. The van der Waals surface area contributed by atoms with Crippen molar-refractivity contribution in [2.24, 2.45) is 23.7 Å². The topological polar surface area (TPSA) is 111 Å². The highest BCUT2D eigenvalue weighted by molar-refractivity contribution is 7.56. The summed E-state index contributed by atoms with van der Waals surface area (Å²) < 4.78 is 43.6. The van der Waals surface area contributed by atoms with Crippen LogP contribution in [-0.4, -0.2) is 49.4 Å². The normalized spacial score (nSPS) is 40.4. The number of hydrogen-bond acceptors (Lipinski definition) is 9. The number of hydrogen-bond donors (Lipinski definition) is 1. The van der Waals surface area contributed by atoms with E-state index in [1.807, 2.05) is 44.2 Å². The molecule has 1 saturated carbocycles. The molecule has 1 spiro atoms. The number of benzene rings is 1. The standard InChI is InChI=1S/C27H40NO9P/c1-17-11-12-22-18(2)24(33-25-27(22)21(17)13-14-26(4,34-25)36-37-27)35-38(30,16-31-5)28-19(3)23(29)32-15-20-9-7-6-8-10-20/h6-10,17-19,21-22,24-25H,11-16H2,1-5H3,(H,28,30)/t17-,18-,19+,21+,22+,24+,25?,26-,27-,38?/m1/s1. The zero-order valence-electron chi connectivity index (χ0n) is 22.8. The summed E-state index contributed by atoms with van der Waals surface area (Å²) in [7, 11) is -2.26. The third kappa shape index (κ3) is 5.22. The van der Waals surface area contributed by atoms with Crippen molar-refractivity contribution in [3.8, 4) is 0 Å². The lowest BCUT2D eigenvalue weighted by atomic mass is 9.58. The van der Waals surface area contributed by atoms with Crippen LogP contribution in [0.25, 0.3) is 0 Å². The van der Waals surface area contributed by atoms with Gasteiger partial charge in [0.1, 0.15) is 19.0 Å². The van der Waals surface area contributed by atoms with Gasteiger partial charge in [-0.05, 0) is 50.5 Å². The minimum absolute atomic E-state index is 0.0133. The molecule has 0 amide bonds. The van der Waals surface area contributed by atoms with E-state index in [0.717, 1.165) is 24.8 Å². The summed E-state index contributed by atoms with van der Waals surface area (Å²) in [6.45, 7) is 7.83. The molecule has 10 nitrogen and oxygen atoms in total. The van der Waals surface area contributed by atoms with Crippen LogP contribution in [0, 0.1) is 23.7 Å². The first kappa shape index (κ1) is 28.2. The number of ether oxygens (including phenoxy) is 4. The van der Waals surface area contributed by atoms with E-state index in [9.17, 15) is 9.36 Å². The van der Waals surface area contributed by atoms with Gasteiger partial charge in [0, 0.05) is 25.4 Å². The van der Waals surface area contributed by atoms with E-state index < -0.39 is 43.5 Å². The van der Waals surface area contributed by atoms with Crippen LogP contribution in [0.2, 0.25) is 0 Å². The van der Waals surface area contributed by atoms with Crippen molar-refractivity contribution >= 4 is 13.5 Å². The fourth-order valence-corrected chi connectivity index (χ4v) is 8.44. The molecule has 38 heavy (non-hydrogen) atoms. The van der Waals surface area contributed by atoms with Gasteiger partial charge in [0.2, 0.25) is 5.79 Å². The van der Waals surface area contributed by atoms with Crippen molar-refractivity contribution in [2.75, 3.05) is 13.5 Å². The Labute approximate surface area is 224 Å². The van der Waals surface area contributed by atoms with Crippen molar-refractivity contribution in [1.82, 2.24) is 5.09 Å². The van der Waals surface area contributed by atoms with Crippen molar-refractivity contribution in [2.45, 2.75) is 90.0 Å². The van der Waals surface area contributed by atoms with Crippen LogP contribution in [0.3, 0.4) is 0 Å². The van der Waals surface area contributed by atoms with E-state index in [1.165, 1.54) is 7.11 Å². The van der Waals surface area contributed by atoms with E-state index >= 15 is 0 Å². The minimum atomic E-state index is -3.70. The molecule has 5 fully saturated rings. The first-order chi connectivity index (χ1) is 18.1. The average Bonchev–Trinajstić information content (AvgIpc) is 3.12. The highest BCUT2D eigenvalue weighted by Gasteiger charge is 2.69. The smallest absolute Gasteiger partial charge is 0.323 e. The van der Waals surface area contributed by atoms with Gasteiger partial charge in [0.25, 0.3) is 7.52 Å². The summed E-state index contributed by atoms with van der Waals surface area (Å²) in [4.78, 5) is 24.7. The highest BCUT2D eigenvalue weighted by atomic mass is 31.2. The lowest BCUT2D eigenvalue weighted by Gasteiger charge is -2.60. The van der Waals surface area contributed by atoms with Gasteiger partial charge in [-0.3, -0.25) is 13.9 Å². The molecule has 212 valence electrons. The third-order valence-electron chi connectivity index (χ3n) is 8.64.